The maximum Gasteiger partial charge on any atom is 0.231 e. The molecule has 1 aromatic carbocycles. The van der Waals surface area contributed by atoms with E-state index in [0.717, 1.165) is 0 Å². The van der Waals surface area contributed by atoms with Crippen molar-refractivity contribution >= 4 is 5.78 Å². The van der Waals surface area contributed by atoms with Gasteiger partial charge in [-0.05, 0) is 18.2 Å². The minimum Gasteiger partial charge on any atom is -0.454 e. The van der Waals surface area contributed by atoms with Crippen LogP contribution in [0, 0.1) is 11.3 Å². The highest BCUT2D eigenvalue weighted by Crippen LogP contribution is 2.32. The number of ether oxygens (including phenoxy) is 2. The van der Waals surface area contributed by atoms with Gasteiger partial charge < -0.3 is 9.47 Å². The monoisotopic (exact) mass is 203 g/mol. The highest BCUT2D eigenvalue weighted by atomic mass is 16.7. The molecular weight excluding hydrogens is 194 g/mol. The van der Waals surface area contributed by atoms with Gasteiger partial charge in [0.15, 0.2) is 17.3 Å². The van der Waals surface area contributed by atoms with E-state index >= 15 is 0 Å². The Morgan fingerprint density at radius 1 is 1.40 bits per heavy atom. The molecule has 0 N–H and O–H groups in total. The van der Waals surface area contributed by atoms with Gasteiger partial charge in [-0.25, -0.2) is 0 Å². The van der Waals surface area contributed by atoms with E-state index in [4.69, 9.17) is 14.7 Å². The first-order valence-corrected chi connectivity index (χ1v) is 4.61. The number of carbonyl (C=O) groups excluding carboxylic acids is 1. The highest BCUT2D eigenvalue weighted by molar-refractivity contribution is 5.96. The molecule has 2 rings (SSSR count). The fourth-order valence-electron chi connectivity index (χ4n) is 1.38. The van der Waals surface area contributed by atoms with Gasteiger partial charge in [-0.3, -0.25) is 4.79 Å². The van der Waals surface area contributed by atoms with E-state index in [0.29, 0.717) is 17.1 Å². The average Bonchev–Trinajstić information content (AvgIpc) is 2.72. The minimum atomic E-state index is -0.0464. The quantitative estimate of drug-likeness (QED) is 0.704. The molecule has 1 aromatic rings. The molecule has 76 valence electrons. The van der Waals surface area contributed by atoms with Gasteiger partial charge in [0.05, 0.1) is 6.07 Å². The zero-order valence-corrected chi connectivity index (χ0v) is 8.03. The Morgan fingerprint density at radius 2 is 2.20 bits per heavy atom. The van der Waals surface area contributed by atoms with Crippen molar-refractivity contribution in [2.45, 2.75) is 12.8 Å². The fraction of sp³-hybridized carbons (Fsp3) is 0.273. The number of Topliss-reactive ketones (excluding diaryl/α,β-unsaturated/α-hetero) is 1. The molecule has 1 aliphatic rings. The maximum atomic E-state index is 11.6. The normalized spacial score (nSPS) is 12.2. The third-order valence-corrected chi connectivity index (χ3v) is 2.16. The number of nitriles is 1. The number of fused-ring (bicyclic) bond motifs is 1. The number of nitrogens with zero attached hydrogens (tertiary/aromatic N) is 1. The molecule has 0 spiro atoms. The van der Waals surface area contributed by atoms with Crippen LogP contribution in [0.4, 0.5) is 0 Å². The van der Waals surface area contributed by atoms with Crippen molar-refractivity contribution in [3.8, 4) is 17.6 Å². The Labute approximate surface area is 87.0 Å². The summed E-state index contributed by atoms with van der Waals surface area (Å²) < 4.78 is 10.3. The van der Waals surface area contributed by atoms with Crippen LogP contribution in [-0.4, -0.2) is 12.6 Å². The van der Waals surface area contributed by atoms with E-state index < -0.39 is 0 Å². The predicted molar refractivity (Wildman–Crippen MR) is 51.7 cm³/mol. The molecule has 0 unspecified atom stereocenters. The van der Waals surface area contributed by atoms with E-state index in [1.54, 1.807) is 18.2 Å². The van der Waals surface area contributed by atoms with Crippen LogP contribution in [0.1, 0.15) is 23.2 Å². The SMILES string of the molecule is N#CCCC(=O)c1ccc2c(c1)OCO2. The van der Waals surface area contributed by atoms with Gasteiger partial charge in [-0.2, -0.15) is 5.26 Å². The van der Waals surface area contributed by atoms with Gasteiger partial charge in [0, 0.05) is 18.4 Å². The van der Waals surface area contributed by atoms with Crippen LogP contribution < -0.4 is 9.47 Å². The zero-order valence-electron chi connectivity index (χ0n) is 8.03. The standard InChI is InChI=1S/C11H9NO3/c12-5-1-2-9(13)8-3-4-10-11(6-8)15-7-14-10/h3-4,6H,1-2,7H2. The first-order chi connectivity index (χ1) is 7.31. The van der Waals surface area contributed by atoms with E-state index in [1.165, 1.54) is 0 Å². The number of benzene rings is 1. The van der Waals surface area contributed by atoms with Crippen molar-refractivity contribution in [3.05, 3.63) is 23.8 Å². The van der Waals surface area contributed by atoms with E-state index in [-0.39, 0.29) is 25.4 Å². The molecule has 0 saturated carbocycles. The third-order valence-electron chi connectivity index (χ3n) is 2.16. The lowest BCUT2D eigenvalue weighted by atomic mass is 10.1. The maximum absolute atomic E-state index is 11.6. The van der Waals surface area contributed by atoms with Crippen molar-refractivity contribution in [3.63, 3.8) is 0 Å². The lowest BCUT2D eigenvalue weighted by Gasteiger charge is -2.00. The summed E-state index contributed by atoms with van der Waals surface area (Å²) in [6.45, 7) is 0.200. The number of hydrogen-bond acceptors (Lipinski definition) is 4. The van der Waals surface area contributed by atoms with Crippen LogP contribution in [-0.2, 0) is 0 Å². The van der Waals surface area contributed by atoms with Crippen LogP contribution in [0.3, 0.4) is 0 Å². The lowest BCUT2D eigenvalue weighted by molar-refractivity contribution is 0.0983. The summed E-state index contributed by atoms with van der Waals surface area (Å²) in [6, 6.07) is 7.00. The van der Waals surface area contributed by atoms with Gasteiger partial charge in [-0.15, -0.1) is 0 Å². The summed E-state index contributed by atoms with van der Waals surface area (Å²) in [5.41, 5.74) is 0.564. The van der Waals surface area contributed by atoms with Gasteiger partial charge >= 0.3 is 0 Å². The second-order valence-electron chi connectivity index (χ2n) is 3.15. The third kappa shape index (κ3) is 1.91. The number of carbonyl (C=O) groups is 1. The summed E-state index contributed by atoms with van der Waals surface area (Å²) in [6.07, 6.45) is 0.490. The molecule has 0 radical (unpaired) electrons. The predicted octanol–water partition coefficient (Wildman–Crippen LogP) is 1.90. The number of hydrogen-bond donors (Lipinski definition) is 0. The van der Waals surface area contributed by atoms with E-state index in [1.807, 2.05) is 6.07 Å². The van der Waals surface area contributed by atoms with Crippen LogP contribution >= 0.6 is 0 Å². The molecule has 0 saturated heterocycles. The second kappa shape index (κ2) is 4.01. The second-order valence-corrected chi connectivity index (χ2v) is 3.15. The van der Waals surface area contributed by atoms with E-state index in [2.05, 4.69) is 0 Å². The summed E-state index contributed by atoms with van der Waals surface area (Å²) in [5, 5.41) is 8.37. The molecule has 0 aliphatic carbocycles. The molecule has 1 heterocycles. The van der Waals surface area contributed by atoms with E-state index in [9.17, 15) is 4.79 Å². The first kappa shape index (κ1) is 9.53. The molecule has 0 fully saturated rings. The molecule has 1 aliphatic heterocycles. The molecule has 0 amide bonds. The Morgan fingerprint density at radius 3 is 3.00 bits per heavy atom. The Kier molecular flexibility index (Phi) is 2.55. The summed E-state index contributed by atoms with van der Waals surface area (Å²) in [7, 11) is 0. The topological polar surface area (TPSA) is 59.3 Å². The van der Waals surface area contributed by atoms with Crippen LogP contribution in [0.15, 0.2) is 18.2 Å². The first-order valence-electron chi connectivity index (χ1n) is 4.61. The summed E-state index contributed by atoms with van der Waals surface area (Å²) >= 11 is 0. The average molecular weight is 203 g/mol. The van der Waals surface area contributed by atoms with Crippen molar-refractivity contribution in [2.24, 2.45) is 0 Å². The Hall–Kier alpha value is -2.02. The van der Waals surface area contributed by atoms with Crippen LogP contribution in [0.25, 0.3) is 0 Å². The van der Waals surface area contributed by atoms with Gasteiger partial charge in [0.1, 0.15) is 0 Å². The molecule has 0 bridgehead atoms. The zero-order chi connectivity index (χ0) is 10.7. The summed E-state index contributed by atoms with van der Waals surface area (Å²) in [5.74, 6) is 1.21. The van der Waals surface area contributed by atoms with Crippen molar-refractivity contribution in [1.29, 1.82) is 5.26 Å². The Bertz CT molecular complexity index is 434. The molecule has 15 heavy (non-hydrogen) atoms. The number of ketones is 1. The molecule has 0 aromatic heterocycles. The fourth-order valence-corrected chi connectivity index (χ4v) is 1.38. The molecule has 0 atom stereocenters. The van der Waals surface area contributed by atoms with Crippen molar-refractivity contribution in [1.82, 2.24) is 0 Å². The van der Waals surface area contributed by atoms with Gasteiger partial charge in [-0.1, -0.05) is 0 Å². The van der Waals surface area contributed by atoms with Gasteiger partial charge in [0.25, 0.3) is 0 Å². The highest BCUT2D eigenvalue weighted by Gasteiger charge is 2.15. The Balaban J connectivity index is 2.16. The smallest absolute Gasteiger partial charge is 0.231 e. The molecular formula is C11H9NO3. The summed E-state index contributed by atoms with van der Waals surface area (Å²) in [4.78, 5) is 11.6. The van der Waals surface area contributed by atoms with Crippen LogP contribution in [0.2, 0.25) is 0 Å². The molecule has 4 heteroatoms. The largest absolute Gasteiger partial charge is 0.454 e. The number of rotatable bonds is 3. The minimum absolute atomic E-state index is 0.0464. The van der Waals surface area contributed by atoms with Crippen molar-refractivity contribution < 1.29 is 14.3 Å². The molecule has 4 nitrogen and oxygen atoms in total. The van der Waals surface area contributed by atoms with Crippen LogP contribution in [0.5, 0.6) is 11.5 Å². The van der Waals surface area contributed by atoms with Gasteiger partial charge in [0.2, 0.25) is 6.79 Å². The lowest BCUT2D eigenvalue weighted by Crippen LogP contribution is -1.98. The van der Waals surface area contributed by atoms with Crippen molar-refractivity contribution in [2.75, 3.05) is 6.79 Å².